The molecule has 1 nitrogen and oxygen atoms in total. The van der Waals surface area contributed by atoms with Gasteiger partial charge in [0.05, 0.1) is 5.56 Å². The highest BCUT2D eigenvalue weighted by Crippen LogP contribution is 2.27. The largest absolute Gasteiger partial charge is 0.294 e. The summed E-state index contributed by atoms with van der Waals surface area (Å²) < 4.78 is 13.4. The molecule has 0 radical (unpaired) electrons. The van der Waals surface area contributed by atoms with E-state index in [4.69, 9.17) is 0 Å². The molecule has 0 aliphatic carbocycles. The van der Waals surface area contributed by atoms with Crippen LogP contribution >= 0.6 is 11.8 Å². The number of hydrogen-bond acceptors (Lipinski definition) is 2. The predicted octanol–water partition coefficient (Wildman–Crippen LogP) is 3.07. The third-order valence-electron chi connectivity index (χ3n) is 2.69. The van der Waals surface area contributed by atoms with E-state index < -0.39 is 0 Å². The zero-order chi connectivity index (χ0) is 10.8. The quantitative estimate of drug-likeness (QED) is 0.718. The lowest BCUT2D eigenvalue weighted by Gasteiger charge is -2.08. The van der Waals surface area contributed by atoms with Crippen molar-refractivity contribution < 1.29 is 9.18 Å². The van der Waals surface area contributed by atoms with Crippen molar-refractivity contribution in [2.75, 3.05) is 11.5 Å². The molecule has 1 atom stereocenters. The minimum Gasteiger partial charge on any atom is -0.294 e. The van der Waals surface area contributed by atoms with Crippen molar-refractivity contribution in [1.82, 2.24) is 0 Å². The molecule has 1 fully saturated rings. The number of Topliss-reactive ketones (excluding diaryl/α,β-unsaturated/α-hetero) is 1. The Morgan fingerprint density at radius 1 is 1.53 bits per heavy atom. The molecule has 1 unspecified atom stereocenters. The number of carbonyl (C=O) groups excluding carboxylic acids is 1. The van der Waals surface area contributed by atoms with Gasteiger partial charge in [0, 0.05) is 11.7 Å². The Morgan fingerprint density at radius 3 is 3.00 bits per heavy atom. The van der Waals surface area contributed by atoms with Gasteiger partial charge >= 0.3 is 0 Å². The normalized spacial score (nSPS) is 20.5. The van der Waals surface area contributed by atoms with Gasteiger partial charge in [-0.05, 0) is 31.2 Å². The topological polar surface area (TPSA) is 17.1 Å². The molecule has 0 N–H and O–H groups in total. The second-order valence-corrected chi connectivity index (χ2v) is 5.06. The fraction of sp³-hybridized carbons (Fsp3) is 0.417. The van der Waals surface area contributed by atoms with E-state index in [0.717, 1.165) is 23.5 Å². The van der Waals surface area contributed by atoms with Gasteiger partial charge < -0.3 is 0 Å². The van der Waals surface area contributed by atoms with Crippen molar-refractivity contribution in [2.24, 2.45) is 5.92 Å². The number of carbonyl (C=O) groups is 1. The summed E-state index contributed by atoms with van der Waals surface area (Å²) in [6, 6.07) is 4.72. The molecule has 1 heterocycles. The van der Waals surface area contributed by atoms with Crippen molar-refractivity contribution in [3.63, 3.8) is 0 Å². The van der Waals surface area contributed by atoms with Crippen LogP contribution in [0.3, 0.4) is 0 Å². The van der Waals surface area contributed by atoms with Crippen LogP contribution in [0.4, 0.5) is 4.39 Å². The molecule has 3 heteroatoms. The Hall–Kier alpha value is -0.830. The number of ketones is 1. The van der Waals surface area contributed by atoms with Crippen molar-refractivity contribution in [3.8, 4) is 0 Å². The average Bonchev–Trinajstić information content (AvgIpc) is 2.74. The molecular formula is C12H13FOS. The van der Waals surface area contributed by atoms with Gasteiger partial charge in [0.1, 0.15) is 5.82 Å². The molecule has 1 aliphatic rings. The van der Waals surface area contributed by atoms with Crippen LogP contribution in [-0.4, -0.2) is 17.3 Å². The minimum atomic E-state index is -0.387. The highest BCUT2D eigenvalue weighted by Gasteiger charge is 2.26. The summed E-state index contributed by atoms with van der Waals surface area (Å²) in [6.45, 7) is 1.87. The number of aryl methyl sites for hydroxylation is 1. The second kappa shape index (κ2) is 4.35. The van der Waals surface area contributed by atoms with Gasteiger partial charge in [-0.2, -0.15) is 11.8 Å². The molecule has 1 aromatic carbocycles. The summed E-state index contributed by atoms with van der Waals surface area (Å²) in [5.74, 6) is 1.46. The summed E-state index contributed by atoms with van der Waals surface area (Å²) >= 11 is 1.77. The first-order chi connectivity index (χ1) is 7.18. The molecule has 0 aromatic heterocycles. The van der Waals surface area contributed by atoms with Gasteiger partial charge in [-0.1, -0.05) is 11.6 Å². The van der Waals surface area contributed by atoms with Crippen molar-refractivity contribution in [1.29, 1.82) is 0 Å². The summed E-state index contributed by atoms with van der Waals surface area (Å²) in [5, 5.41) is 0. The summed E-state index contributed by atoms with van der Waals surface area (Å²) in [5.41, 5.74) is 1.20. The van der Waals surface area contributed by atoms with Gasteiger partial charge in [-0.15, -0.1) is 0 Å². The average molecular weight is 224 g/mol. The molecule has 1 aromatic rings. The highest BCUT2D eigenvalue weighted by atomic mass is 32.2. The first kappa shape index (κ1) is 10.7. The third-order valence-corrected chi connectivity index (χ3v) is 3.85. The third kappa shape index (κ3) is 2.23. The Morgan fingerprint density at radius 2 is 2.33 bits per heavy atom. The number of halogens is 1. The fourth-order valence-corrected chi connectivity index (χ4v) is 3.01. The summed E-state index contributed by atoms with van der Waals surface area (Å²) in [7, 11) is 0. The van der Waals surface area contributed by atoms with E-state index in [2.05, 4.69) is 0 Å². The monoisotopic (exact) mass is 224 g/mol. The van der Waals surface area contributed by atoms with Gasteiger partial charge in [0.2, 0.25) is 0 Å². The van der Waals surface area contributed by atoms with Crippen molar-refractivity contribution >= 4 is 17.5 Å². The maximum Gasteiger partial charge on any atom is 0.169 e. The molecule has 0 spiro atoms. The van der Waals surface area contributed by atoms with Crippen LogP contribution in [0.15, 0.2) is 18.2 Å². The molecule has 1 aliphatic heterocycles. The predicted molar refractivity (Wildman–Crippen MR) is 60.9 cm³/mol. The molecule has 80 valence electrons. The molecular weight excluding hydrogens is 211 g/mol. The Kier molecular flexibility index (Phi) is 3.10. The van der Waals surface area contributed by atoms with Crippen LogP contribution in [0.2, 0.25) is 0 Å². The Bertz CT molecular complexity index is 383. The molecule has 2 rings (SSSR count). The van der Waals surface area contributed by atoms with Gasteiger partial charge in [-0.3, -0.25) is 4.79 Å². The van der Waals surface area contributed by atoms with E-state index in [1.807, 2.05) is 6.92 Å². The van der Waals surface area contributed by atoms with Crippen LogP contribution in [0, 0.1) is 18.7 Å². The van der Waals surface area contributed by atoms with Gasteiger partial charge in [-0.25, -0.2) is 4.39 Å². The number of hydrogen-bond donors (Lipinski definition) is 0. The lowest BCUT2D eigenvalue weighted by atomic mass is 9.96. The summed E-state index contributed by atoms with van der Waals surface area (Å²) in [6.07, 6.45) is 0.886. The smallest absolute Gasteiger partial charge is 0.169 e. The minimum absolute atomic E-state index is 0.0197. The van der Waals surface area contributed by atoms with Crippen LogP contribution < -0.4 is 0 Å². The Balaban J connectivity index is 2.27. The van der Waals surface area contributed by atoms with Gasteiger partial charge in [0.25, 0.3) is 0 Å². The fourth-order valence-electron chi connectivity index (χ4n) is 1.79. The van der Waals surface area contributed by atoms with Crippen LogP contribution in [0.25, 0.3) is 0 Å². The summed E-state index contributed by atoms with van der Waals surface area (Å²) in [4.78, 5) is 12.0. The van der Waals surface area contributed by atoms with Gasteiger partial charge in [0.15, 0.2) is 5.78 Å². The zero-order valence-corrected chi connectivity index (χ0v) is 9.44. The number of thioether (sulfide) groups is 1. The van der Waals surface area contributed by atoms with E-state index in [9.17, 15) is 9.18 Å². The van der Waals surface area contributed by atoms with E-state index in [1.54, 1.807) is 23.9 Å². The highest BCUT2D eigenvalue weighted by molar-refractivity contribution is 7.99. The van der Waals surface area contributed by atoms with Crippen molar-refractivity contribution in [2.45, 2.75) is 13.3 Å². The molecule has 0 amide bonds. The standard InChI is InChI=1S/C12H13FOS/c1-8-2-3-11(13)10(6-8)12(14)9-4-5-15-7-9/h2-3,6,9H,4-5,7H2,1H3. The molecule has 15 heavy (non-hydrogen) atoms. The first-order valence-corrected chi connectivity index (χ1v) is 6.22. The van der Waals surface area contributed by atoms with Crippen LogP contribution in [-0.2, 0) is 0 Å². The molecule has 0 saturated carbocycles. The first-order valence-electron chi connectivity index (χ1n) is 5.06. The molecule has 1 saturated heterocycles. The second-order valence-electron chi connectivity index (χ2n) is 3.91. The lowest BCUT2D eigenvalue weighted by molar-refractivity contribution is 0.0929. The van der Waals surface area contributed by atoms with Crippen LogP contribution in [0.1, 0.15) is 22.3 Å². The number of rotatable bonds is 2. The Labute approximate surface area is 93.1 Å². The van der Waals surface area contributed by atoms with Crippen LogP contribution in [0.5, 0.6) is 0 Å². The van der Waals surface area contributed by atoms with E-state index in [0.29, 0.717) is 0 Å². The SMILES string of the molecule is Cc1ccc(F)c(C(=O)C2CCSC2)c1. The zero-order valence-electron chi connectivity index (χ0n) is 8.63. The number of benzene rings is 1. The van der Waals surface area contributed by atoms with Crippen molar-refractivity contribution in [3.05, 3.63) is 35.1 Å². The van der Waals surface area contributed by atoms with E-state index in [-0.39, 0.29) is 23.1 Å². The van der Waals surface area contributed by atoms with E-state index >= 15 is 0 Å². The lowest BCUT2D eigenvalue weighted by Crippen LogP contribution is -2.15. The maximum atomic E-state index is 13.4. The van der Waals surface area contributed by atoms with E-state index in [1.165, 1.54) is 6.07 Å². The molecule has 0 bridgehead atoms. The maximum absolute atomic E-state index is 13.4.